The maximum atomic E-state index is 5.24. The predicted octanol–water partition coefficient (Wildman–Crippen LogP) is 5.06. The predicted molar refractivity (Wildman–Crippen MR) is 109 cm³/mol. The van der Waals surface area contributed by atoms with Gasteiger partial charge in [-0.3, -0.25) is 0 Å². The third kappa shape index (κ3) is 28.5. The Kier molecular flexibility index (Phi) is 47.9. The first kappa shape index (κ1) is 32.6. The highest BCUT2D eigenvalue weighted by Crippen LogP contribution is 2.23. The second kappa shape index (κ2) is 27.9. The minimum atomic E-state index is 0. The molecule has 1 unspecified atom stereocenters. The molecule has 0 saturated heterocycles. The molecule has 124 valence electrons. The maximum Gasteiger partial charge on any atom is 0.146 e. The molecule has 7 heteroatoms. The van der Waals surface area contributed by atoms with Crippen LogP contribution in [0, 0.1) is 0 Å². The number of hydrogen-bond acceptors (Lipinski definition) is 7. The van der Waals surface area contributed by atoms with Gasteiger partial charge >= 0.3 is 0 Å². The molecule has 0 aliphatic carbocycles. The molecule has 0 aromatic heterocycles. The largest absolute Gasteiger partial charge is 0.355 e. The van der Waals surface area contributed by atoms with Crippen LogP contribution in [0.3, 0.4) is 0 Å². The Morgan fingerprint density at radius 3 is 2.00 bits per heavy atom. The summed E-state index contributed by atoms with van der Waals surface area (Å²) in [4.78, 5) is 0. The van der Waals surface area contributed by atoms with Crippen LogP contribution < -0.4 is 0 Å². The molecule has 0 aromatic carbocycles. The van der Waals surface area contributed by atoms with Gasteiger partial charge in [0.1, 0.15) is 6.79 Å². The summed E-state index contributed by atoms with van der Waals surface area (Å²) in [5, 5.41) is 0.380. The first-order chi connectivity index (χ1) is 7.31. The summed E-state index contributed by atoms with van der Waals surface area (Å²) in [5.41, 5.74) is 0. The first-order valence-electron chi connectivity index (χ1n) is 4.61. The third-order valence-electron chi connectivity index (χ3n) is 1.27. The van der Waals surface area contributed by atoms with Crippen molar-refractivity contribution in [2.75, 3.05) is 43.0 Å². The minimum absolute atomic E-state index is 0. The van der Waals surface area contributed by atoms with Crippen molar-refractivity contribution >= 4 is 59.5 Å². The van der Waals surface area contributed by atoms with E-state index in [1.807, 2.05) is 10.8 Å². The number of ether oxygens (including phenoxy) is 2. The van der Waals surface area contributed by atoms with E-state index >= 15 is 0 Å². The molecule has 2 nitrogen and oxygen atoms in total. The Morgan fingerprint density at radius 2 is 1.47 bits per heavy atom. The monoisotopic (exact) mass is 370 g/mol. The lowest BCUT2D eigenvalue weighted by molar-refractivity contribution is -0.0425. The molecule has 0 N–H and O–H groups in total. The van der Waals surface area contributed by atoms with E-state index in [1.54, 1.807) is 10.8 Å². The van der Waals surface area contributed by atoms with Crippen molar-refractivity contribution in [3.63, 3.8) is 0 Å². The van der Waals surface area contributed by atoms with Crippen molar-refractivity contribution < 1.29 is 9.47 Å². The van der Waals surface area contributed by atoms with Gasteiger partial charge in [0.2, 0.25) is 0 Å². The second-order valence-electron chi connectivity index (χ2n) is 2.60. The molecule has 0 amide bonds. The molecule has 0 aliphatic rings. The fraction of sp³-hybridized carbons (Fsp3) is 1.00. The van der Waals surface area contributed by atoms with E-state index in [1.165, 1.54) is 0 Å². The molecule has 0 spiro atoms. The fourth-order valence-corrected chi connectivity index (χ4v) is 3.55. The second-order valence-corrected chi connectivity index (χ2v) is 6.77. The third-order valence-corrected chi connectivity index (χ3v) is 5.24. The van der Waals surface area contributed by atoms with Gasteiger partial charge in [-0.2, -0.15) is 37.9 Å². The van der Waals surface area contributed by atoms with E-state index in [2.05, 4.69) is 37.9 Å². The summed E-state index contributed by atoms with van der Waals surface area (Å²) in [6.45, 7) is 1.74. The molecule has 0 saturated carbocycles. The Bertz CT molecular complexity index is 131. The Labute approximate surface area is 146 Å². The van der Waals surface area contributed by atoms with Crippen LogP contribution in [-0.4, -0.2) is 48.3 Å². The Hall–Kier alpha value is 1.67. The van der Waals surface area contributed by atoms with Crippen LogP contribution in [0.4, 0.5) is 0 Å². The van der Waals surface area contributed by atoms with Crippen molar-refractivity contribution in [3.8, 4) is 0 Å². The van der Waals surface area contributed by atoms with Gasteiger partial charge in [0.25, 0.3) is 0 Å². The smallest absolute Gasteiger partial charge is 0.146 e. The summed E-state index contributed by atoms with van der Waals surface area (Å²) in [6, 6.07) is 0. The van der Waals surface area contributed by atoms with Gasteiger partial charge in [0.15, 0.2) is 0 Å². The van der Waals surface area contributed by atoms with Crippen molar-refractivity contribution in [1.29, 1.82) is 0 Å². The van der Waals surface area contributed by atoms with Crippen molar-refractivity contribution in [1.82, 2.24) is 0 Å². The molecule has 0 heterocycles. The van der Waals surface area contributed by atoms with E-state index in [-0.39, 0.29) is 29.7 Å². The number of thiol groups is 3. The van der Waals surface area contributed by atoms with Crippen LogP contribution in [0.15, 0.2) is 0 Å². The molecule has 0 aromatic rings. The lowest BCUT2D eigenvalue weighted by Gasteiger charge is -2.06. The molecule has 0 aliphatic heterocycles. The van der Waals surface area contributed by atoms with Gasteiger partial charge in [0.05, 0.1) is 13.2 Å². The van der Waals surface area contributed by atoms with Gasteiger partial charge in [-0.25, -0.2) is 0 Å². The first-order valence-corrected chi connectivity index (χ1v) is 8.88. The molecule has 1 atom stereocenters. The number of hydrogen-bond donors (Lipinski definition) is 3. The highest BCUT2D eigenvalue weighted by molar-refractivity contribution is 8.76. The average molecular weight is 371 g/mol. The van der Waals surface area contributed by atoms with E-state index < -0.39 is 0 Å². The van der Waals surface area contributed by atoms with E-state index in [4.69, 9.17) is 9.47 Å². The highest BCUT2D eigenvalue weighted by Gasteiger charge is 1.99. The Balaban J connectivity index is -0.000000163. The van der Waals surface area contributed by atoms with Gasteiger partial charge in [0, 0.05) is 28.3 Å². The van der Waals surface area contributed by atoms with Gasteiger partial charge < -0.3 is 9.47 Å². The van der Waals surface area contributed by atoms with E-state index in [9.17, 15) is 0 Å². The van der Waals surface area contributed by atoms with Crippen LogP contribution in [0.25, 0.3) is 0 Å². The van der Waals surface area contributed by atoms with Crippen molar-refractivity contribution in [2.45, 2.75) is 35.0 Å². The van der Waals surface area contributed by atoms with Crippen LogP contribution in [0.1, 0.15) is 29.7 Å². The van der Waals surface area contributed by atoms with Crippen molar-refractivity contribution in [3.05, 3.63) is 0 Å². The summed E-state index contributed by atoms with van der Waals surface area (Å²) in [7, 11) is 3.61. The summed E-state index contributed by atoms with van der Waals surface area (Å²) in [6.07, 6.45) is 0. The van der Waals surface area contributed by atoms with Gasteiger partial charge in [-0.1, -0.05) is 51.3 Å². The summed E-state index contributed by atoms with van der Waals surface area (Å²) < 4.78 is 10.4. The van der Waals surface area contributed by atoms with E-state index in [0.29, 0.717) is 18.6 Å². The molecule has 0 radical (unpaired) electrons. The topological polar surface area (TPSA) is 18.5 Å². The Morgan fingerprint density at radius 1 is 0.895 bits per heavy atom. The summed E-state index contributed by atoms with van der Waals surface area (Å²) in [5.74, 6) is 3.56. The summed E-state index contributed by atoms with van der Waals surface area (Å²) >= 11 is 12.5. The van der Waals surface area contributed by atoms with E-state index in [0.717, 1.165) is 29.6 Å². The fourth-order valence-electron chi connectivity index (χ4n) is 0.573. The molecule has 19 heavy (non-hydrogen) atoms. The van der Waals surface area contributed by atoms with Crippen molar-refractivity contribution in [2.24, 2.45) is 0 Å². The quantitative estimate of drug-likeness (QED) is 0.204. The average Bonchev–Trinajstić information content (AvgIpc) is 2.26. The zero-order valence-corrected chi connectivity index (χ0v) is 12.8. The molecular weight excluding hydrogens is 336 g/mol. The lowest BCUT2D eigenvalue weighted by atomic mass is 10.6. The van der Waals surface area contributed by atoms with Crippen LogP contribution in [0.2, 0.25) is 0 Å². The highest BCUT2D eigenvalue weighted by atomic mass is 33.1. The van der Waals surface area contributed by atoms with Crippen LogP contribution >= 0.6 is 59.5 Å². The zero-order valence-electron chi connectivity index (χ0n) is 8.50. The van der Waals surface area contributed by atoms with Crippen LogP contribution in [-0.2, 0) is 9.47 Å². The minimum Gasteiger partial charge on any atom is -0.355 e. The lowest BCUT2D eigenvalue weighted by Crippen LogP contribution is -2.05. The SMILES string of the molecule is C.C.C.C.SCCOCOCCSSCC(S)CS. The molecule has 0 bridgehead atoms. The molecule has 0 rings (SSSR count). The maximum absolute atomic E-state index is 5.24. The number of rotatable bonds is 11. The normalized spacial score (nSPS) is 10.3. The molecule has 0 fully saturated rings. The van der Waals surface area contributed by atoms with Gasteiger partial charge in [-0.05, 0) is 0 Å². The zero-order chi connectivity index (χ0) is 11.4. The standard InChI is InChI=1S/C8H18O2S5.4CH4/c11-3-1-9-7-10-2-4-14-15-6-8(13)5-12;;;;/h8,11-13H,1-7H2;4*1H4. The van der Waals surface area contributed by atoms with Gasteiger partial charge in [-0.15, -0.1) is 0 Å². The van der Waals surface area contributed by atoms with Crippen LogP contribution in [0.5, 0.6) is 0 Å². The molecular formula is C12H34O2S5.